The number of anilines is 2. The van der Waals surface area contributed by atoms with E-state index >= 15 is 0 Å². The van der Waals surface area contributed by atoms with Gasteiger partial charge < -0.3 is 10.2 Å². The Bertz CT molecular complexity index is 818. The molecule has 0 aromatic heterocycles. The minimum atomic E-state index is -0.497. The molecule has 26 heavy (non-hydrogen) atoms. The average Bonchev–Trinajstić information content (AvgIpc) is 2.62. The summed E-state index contributed by atoms with van der Waals surface area (Å²) in [5.74, 6) is -0.817. The van der Waals surface area contributed by atoms with E-state index in [1.807, 2.05) is 6.07 Å². The summed E-state index contributed by atoms with van der Waals surface area (Å²) in [6, 6.07) is 15.1. The van der Waals surface area contributed by atoms with Gasteiger partial charge in [0.05, 0.1) is 23.9 Å². The summed E-state index contributed by atoms with van der Waals surface area (Å²) in [5.41, 5.74) is 0.851. The second-order valence-corrected chi connectivity index (χ2v) is 6.45. The molecule has 0 saturated heterocycles. The van der Waals surface area contributed by atoms with Crippen molar-refractivity contribution in [1.29, 1.82) is 5.26 Å². The largest absolute Gasteiger partial charge is 0.326 e. The topological polar surface area (TPSA) is 73.2 Å². The van der Waals surface area contributed by atoms with Gasteiger partial charge in [-0.25, -0.2) is 4.39 Å². The Labute approximate surface area is 155 Å². The zero-order valence-corrected chi connectivity index (χ0v) is 15.1. The third kappa shape index (κ3) is 5.60. The van der Waals surface area contributed by atoms with Gasteiger partial charge >= 0.3 is 0 Å². The highest BCUT2D eigenvalue weighted by Crippen LogP contribution is 2.24. The molecule has 1 N–H and O–H groups in total. The van der Waals surface area contributed by atoms with Crippen LogP contribution in [-0.2, 0) is 9.59 Å². The average molecular weight is 371 g/mol. The van der Waals surface area contributed by atoms with Gasteiger partial charge in [0.1, 0.15) is 5.82 Å². The first kappa shape index (κ1) is 19.5. The second kappa shape index (κ2) is 9.59. The number of carbonyl (C=O) groups is 2. The van der Waals surface area contributed by atoms with Crippen LogP contribution in [-0.4, -0.2) is 24.1 Å². The van der Waals surface area contributed by atoms with E-state index in [-0.39, 0.29) is 36.2 Å². The first-order valence-electron chi connectivity index (χ1n) is 7.93. The van der Waals surface area contributed by atoms with Crippen LogP contribution in [0.25, 0.3) is 0 Å². The number of benzene rings is 2. The van der Waals surface area contributed by atoms with E-state index in [2.05, 4.69) is 5.32 Å². The van der Waals surface area contributed by atoms with Crippen molar-refractivity contribution >= 4 is 35.0 Å². The standard InChI is InChI=1S/C19H18FN3O2S/c1-14(24)22-15-7-9-16(10-8-15)26-13-19(25)23(12-4-11-21)18-6-3-2-5-17(18)20/h2-3,5-10H,4,12-13H2,1H3,(H,22,24). The van der Waals surface area contributed by atoms with E-state index < -0.39 is 5.82 Å². The van der Waals surface area contributed by atoms with Crippen molar-refractivity contribution in [2.24, 2.45) is 0 Å². The smallest absolute Gasteiger partial charge is 0.237 e. The second-order valence-electron chi connectivity index (χ2n) is 5.40. The fraction of sp³-hybridized carbons (Fsp3) is 0.211. The summed E-state index contributed by atoms with van der Waals surface area (Å²) >= 11 is 1.31. The maximum Gasteiger partial charge on any atom is 0.237 e. The summed E-state index contributed by atoms with van der Waals surface area (Å²) in [4.78, 5) is 25.7. The van der Waals surface area contributed by atoms with E-state index in [0.717, 1.165) is 4.90 Å². The molecule has 0 aliphatic heterocycles. The Kier molecular flexibility index (Phi) is 7.18. The number of hydrogen-bond donors (Lipinski definition) is 1. The van der Waals surface area contributed by atoms with Crippen molar-refractivity contribution in [3.8, 4) is 6.07 Å². The van der Waals surface area contributed by atoms with E-state index in [1.165, 1.54) is 35.7 Å². The summed E-state index contributed by atoms with van der Waals surface area (Å²) in [6.07, 6.45) is 0.121. The van der Waals surface area contributed by atoms with E-state index in [4.69, 9.17) is 5.26 Å². The van der Waals surface area contributed by atoms with Crippen molar-refractivity contribution in [3.05, 3.63) is 54.3 Å². The quantitative estimate of drug-likeness (QED) is 0.751. The molecule has 2 aromatic carbocycles. The van der Waals surface area contributed by atoms with E-state index in [9.17, 15) is 14.0 Å². The Balaban J connectivity index is 2.04. The lowest BCUT2D eigenvalue weighted by Gasteiger charge is -2.22. The third-order valence-corrected chi connectivity index (χ3v) is 4.43. The lowest BCUT2D eigenvalue weighted by atomic mass is 10.2. The van der Waals surface area contributed by atoms with Crippen LogP contribution < -0.4 is 10.2 Å². The van der Waals surface area contributed by atoms with Crippen molar-refractivity contribution in [3.63, 3.8) is 0 Å². The highest BCUT2D eigenvalue weighted by Gasteiger charge is 2.18. The van der Waals surface area contributed by atoms with Gasteiger partial charge in [-0.1, -0.05) is 12.1 Å². The van der Waals surface area contributed by atoms with Crippen LogP contribution in [0.5, 0.6) is 0 Å². The van der Waals surface area contributed by atoms with Gasteiger partial charge in [0.25, 0.3) is 0 Å². The third-order valence-electron chi connectivity index (χ3n) is 3.43. The summed E-state index contributed by atoms with van der Waals surface area (Å²) in [7, 11) is 0. The molecule has 2 amide bonds. The Hall–Kier alpha value is -2.85. The van der Waals surface area contributed by atoms with Crippen molar-refractivity contribution < 1.29 is 14.0 Å². The predicted molar refractivity (Wildman–Crippen MR) is 100 cm³/mol. The highest BCUT2D eigenvalue weighted by molar-refractivity contribution is 8.00. The zero-order valence-electron chi connectivity index (χ0n) is 14.2. The molecule has 0 heterocycles. The van der Waals surface area contributed by atoms with Crippen molar-refractivity contribution in [2.75, 3.05) is 22.5 Å². The minimum absolute atomic E-state index is 0.110. The molecule has 0 fully saturated rings. The zero-order chi connectivity index (χ0) is 18.9. The highest BCUT2D eigenvalue weighted by atomic mass is 32.2. The minimum Gasteiger partial charge on any atom is -0.326 e. The van der Waals surface area contributed by atoms with Crippen LogP contribution in [0.4, 0.5) is 15.8 Å². The van der Waals surface area contributed by atoms with Crippen LogP contribution >= 0.6 is 11.8 Å². The van der Waals surface area contributed by atoms with Crippen molar-refractivity contribution in [2.45, 2.75) is 18.2 Å². The van der Waals surface area contributed by atoms with Gasteiger partial charge in [0.15, 0.2) is 0 Å². The molecule has 2 rings (SSSR count). The number of carbonyl (C=O) groups excluding carboxylic acids is 2. The van der Waals surface area contributed by atoms with Gasteiger partial charge in [-0.15, -0.1) is 11.8 Å². The molecule has 0 radical (unpaired) electrons. The molecule has 0 unspecified atom stereocenters. The normalized spacial score (nSPS) is 10.0. The monoisotopic (exact) mass is 371 g/mol. The summed E-state index contributed by atoms with van der Waals surface area (Å²) in [5, 5.41) is 11.5. The van der Waals surface area contributed by atoms with Gasteiger partial charge in [-0.2, -0.15) is 5.26 Å². The molecule has 0 atom stereocenters. The first-order valence-corrected chi connectivity index (χ1v) is 8.92. The van der Waals surface area contributed by atoms with E-state index in [1.54, 1.807) is 36.4 Å². The SMILES string of the molecule is CC(=O)Nc1ccc(SCC(=O)N(CCC#N)c2ccccc2F)cc1. The molecule has 2 aromatic rings. The van der Waals surface area contributed by atoms with Crippen LogP contribution in [0.3, 0.4) is 0 Å². The number of nitriles is 1. The molecule has 0 bridgehead atoms. The fourth-order valence-corrected chi connectivity index (χ4v) is 3.05. The predicted octanol–water partition coefficient (Wildman–Crippen LogP) is 3.82. The van der Waals surface area contributed by atoms with Gasteiger partial charge in [-0.05, 0) is 36.4 Å². The molecule has 0 aliphatic rings. The summed E-state index contributed by atoms with van der Waals surface area (Å²) < 4.78 is 14.0. The number of nitrogens with one attached hydrogen (secondary N) is 1. The molecule has 0 saturated carbocycles. The van der Waals surface area contributed by atoms with E-state index in [0.29, 0.717) is 5.69 Å². The molecule has 0 spiro atoms. The maximum absolute atomic E-state index is 14.0. The van der Waals surface area contributed by atoms with Gasteiger partial charge in [-0.3, -0.25) is 9.59 Å². The van der Waals surface area contributed by atoms with Crippen LogP contribution in [0, 0.1) is 17.1 Å². The van der Waals surface area contributed by atoms with Crippen LogP contribution in [0.2, 0.25) is 0 Å². The molecular formula is C19H18FN3O2S. The van der Waals surface area contributed by atoms with Crippen LogP contribution in [0.1, 0.15) is 13.3 Å². The lowest BCUT2D eigenvalue weighted by molar-refractivity contribution is -0.116. The number of nitrogens with zero attached hydrogens (tertiary/aromatic N) is 2. The van der Waals surface area contributed by atoms with Crippen molar-refractivity contribution in [1.82, 2.24) is 0 Å². The molecule has 0 aliphatic carbocycles. The molecular weight excluding hydrogens is 353 g/mol. The Morgan fingerprint density at radius 1 is 1.19 bits per heavy atom. The number of para-hydroxylation sites is 1. The number of amides is 2. The Morgan fingerprint density at radius 2 is 1.88 bits per heavy atom. The van der Waals surface area contributed by atoms with Gasteiger partial charge in [0, 0.05) is 24.1 Å². The fourth-order valence-electron chi connectivity index (χ4n) is 2.27. The lowest BCUT2D eigenvalue weighted by Crippen LogP contribution is -2.34. The van der Waals surface area contributed by atoms with Crippen LogP contribution in [0.15, 0.2) is 53.4 Å². The first-order chi connectivity index (χ1) is 12.5. The molecule has 5 nitrogen and oxygen atoms in total. The molecule has 7 heteroatoms. The molecule has 134 valence electrons. The maximum atomic E-state index is 14.0. The number of hydrogen-bond acceptors (Lipinski definition) is 4. The summed E-state index contributed by atoms with van der Waals surface area (Å²) in [6.45, 7) is 1.57. The number of thioether (sulfide) groups is 1. The number of halogens is 1. The Morgan fingerprint density at radius 3 is 2.50 bits per heavy atom. The number of rotatable bonds is 7. The van der Waals surface area contributed by atoms with Gasteiger partial charge in [0.2, 0.25) is 11.8 Å².